The van der Waals surface area contributed by atoms with Gasteiger partial charge < -0.3 is 4.74 Å². The third kappa shape index (κ3) is 5.47. The molecule has 0 N–H and O–H groups in total. The molecule has 1 nitrogen and oxygen atoms in total. The van der Waals surface area contributed by atoms with Crippen LogP contribution in [0.2, 0.25) is 0 Å². The van der Waals surface area contributed by atoms with E-state index in [9.17, 15) is 0 Å². The van der Waals surface area contributed by atoms with Gasteiger partial charge in [0.25, 0.3) is 0 Å². The average Bonchev–Trinajstić information content (AvgIpc) is 3.34. The van der Waals surface area contributed by atoms with E-state index in [4.69, 9.17) is 4.74 Å². The molecule has 0 saturated carbocycles. The summed E-state index contributed by atoms with van der Waals surface area (Å²) in [5.74, 6) is 0.910. The van der Waals surface area contributed by atoms with Crippen molar-refractivity contribution in [3.05, 3.63) is 137 Å². The lowest BCUT2D eigenvalue weighted by Crippen LogP contribution is -2.14. The minimum absolute atomic E-state index is 0.128. The Kier molecular flexibility index (Phi) is 6.88. The highest BCUT2D eigenvalue weighted by atomic mass is 32.1. The topological polar surface area (TPSA) is 9.23 Å². The second-order valence-electron chi connectivity index (χ2n) is 8.64. The predicted octanol–water partition coefficient (Wildman–Crippen LogP) is 8.68. The second kappa shape index (κ2) is 10.5. The van der Waals surface area contributed by atoms with Crippen molar-refractivity contribution in [2.75, 3.05) is 0 Å². The lowest BCUT2D eigenvalue weighted by molar-refractivity contribution is 0.222. The fourth-order valence-electron chi connectivity index (χ4n) is 4.30. The highest BCUT2D eigenvalue weighted by Crippen LogP contribution is 2.32. The van der Waals surface area contributed by atoms with Crippen molar-refractivity contribution in [2.45, 2.75) is 25.9 Å². The van der Waals surface area contributed by atoms with Gasteiger partial charge in [0.05, 0.1) is 6.10 Å². The summed E-state index contributed by atoms with van der Waals surface area (Å²) in [6.07, 6.45) is 2.00. The molecule has 0 radical (unpaired) electrons. The lowest BCUT2D eigenvalue weighted by atomic mass is 9.99. The van der Waals surface area contributed by atoms with Crippen LogP contribution in [0, 0.1) is 0 Å². The molecule has 0 saturated heterocycles. The van der Waals surface area contributed by atoms with Crippen molar-refractivity contribution < 1.29 is 4.74 Å². The van der Waals surface area contributed by atoms with Gasteiger partial charge in [-0.3, -0.25) is 0 Å². The zero-order valence-corrected chi connectivity index (χ0v) is 20.2. The van der Waals surface area contributed by atoms with E-state index in [1.54, 1.807) is 0 Å². The first-order valence-electron chi connectivity index (χ1n) is 11.8. The Morgan fingerprint density at radius 2 is 1.18 bits per heavy atom. The van der Waals surface area contributed by atoms with Gasteiger partial charge in [0.15, 0.2) is 0 Å². The first kappa shape index (κ1) is 22.2. The minimum Gasteiger partial charge on any atom is -0.490 e. The third-order valence-electron chi connectivity index (χ3n) is 6.04. The quantitative estimate of drug-likeness (QED) is 0.225. The molecule has 0 unspecified atom stereocenters. The Morgan fingerprint density at radius 1 is 0.618 bits per heavy atom. The van der Waals surface area contributed by atoms with E-state index in [-0.39, 0.29) is 6.10 Å². The number of benzene rings is 4. The van der Waals surface area contributed by atoms with E-state index in [2.05, 4.69) is 121 Å². The zero-order valence-electron chi connectivity index (χ0n) is 19.4. The van der Waals surface area contributed by atoms with Gasteiger partial charge in [0.1, 0.15) is 5.75 Å². The Labute approximate surface area is 206 Å². The molecule has 0 bridgehead atoms. The molecule has 2 heteroatoms. The molecular weight excluding hydrogens is 432 g/mol. The molecule has 0 aliphatic carbocycles. The van der Waals surface area contributed by atoms with E-state index in [1.165, 1.54) is 38.3 Å². The van der Waals surface area contributed by atoms with E-state index in [1.807, 2.05) is 17.4 Å². The van der Waals surface area contributed by atoms with E-state index < -0.39 is 0 Å². The fraction of sp³-hybridized carbons (Fsp3) is 0.125. The average molecular weight is 461 g/mol. The molecule has 0 fully saturated rings. The van der Waals surface area contributed by atoms with Crippen LogP contribution in [0.4, 0.5) is 0 Å². The Morgan fingerprint density at radius 3 is 1.82 bits per heavy atom. The Bertz CT molecular complexity index is 1300. The number of rotatable bonds is 8. The van der Waals surface area contributed by atoms with E-state index >= 15 is 0 Å². The maximum Gasteiger partial charge on any atom is 0.119 e. The molecule has 1 aromatic heterocycles. The molecule has 34 heavy (non-hydrogen) atoms. The summed E-state index contributed by atoms with van der Waals surface area (Å²) in [5.41, 5.74) is 7.66. The van der Waals surface area contributed by atoms with Crippen molar-refractivity contribution >= 4 is 11.3 Å². The van der Waals surface area contributed by atoms with Crippen molar-refractivity contribution in [3.63, 3.8) is 0 Å². The summed E-state index contributed by atoms with van der Waals surface area (Å²) >= 11 is 1.83. The van der Waals surface area contributed by atoms with E-state index in [0.717, 1.165) is 18.6 Å². The fourth-order valence-corrected chi connectivity index (χ4v) is 5.24. The maximum absolute atomic E-state index is 6.14. The SMILES string of the molecule is C[C@H](Cc1ccccc1)Oc1ccc(-c2ccc(-c3ccsc3Cc3ccccc3)cc2)cc1. The molecular formula is C32H28OS. The van der Waals surface area contributed by atoms with Gasteiger partial charge in [-0.05, 0) is 63.9 Å². The Hall–Kier alpha value is -3.62. The monoisotopic (exact) mass is 460 g/mol. The van der Waals surface area contributed by atoms with Crippen LogP contribution in [0.25, 0.3) is 22.3 Å². The number of hydrogen-bond donors (Lipinski definition) is 0. The van der Waals surface area contributed by atoms with Crippen LogP contribution >= 0.6 is 11.3 Å². The first-order valence-corrected chi connectivity index (χ1v) is 12.6. The van der Waals surface area contributed by atoms with Crippen molar-refractivity contribution in [1.29, 1.82) is 0 Å². The number of ether oxygens (including phenoxy) is 1. The highest BCUT2D eigenvalue weighted by molar-refractivity contribution is 7.10. The van der Waals surface area contributed by atoms with Crippen LogP contribution in [-0.2, 0) is 12.8 Å². The Balaban J connectivity index is 1.25. The van der Waals surface area contributed by atoms with Gasteiger partial charge >= 0.3 is 0 Å². The minimum atomic E-state index is 0.128. The number of hydrogen-bond acceptors (Lipinski definition) is 2. The molecule has 1 heterocycles. The van der Waals surface area contributed by atoms with Gasteiger partial charge in [-0.2, -0.15) is 0 Å². The molecule has 5 rings (SSSR count). The van der Waals surface area contributed by atoms with Crippen molar-refractivity contribution in [3.8, 4) is 28.0 Å². The second-order valence-corrected chi connectivity index (χ2v) is 9.64. The molecule has 168 valence electrons. The van der Waals surface area contributed by atoms with Crippen LogP contribution < -0.4 is 4.74 Å². The van der Waals surface area contributed by atoms with Crippen LogP contribution in [0.1, 0.15) is 22.9 Å². The van der Waals surface area contributed by atoms with Gasteiger partial charge in [-0.25, -0.2) is 0 Å². The lowest BCUT2D eigenvalue weighted by Gasteiger charge is -2.15. The van der Waals surface area contributed by atoms with Crippen LogP contribution in [0.3, 0.4) is 0 Å². The van der Waals surface area contributed by atoms with Gasteiger partial charge in [0, 0.05) is 17.7 Å². The summed E-state index contributed by atoms with van der Waals surface area (Å²) in [5, 5.41) is 2.19. The summed E-state index contributed by atoms with van der Waals surface area (Å²) in [6.45, 7) is 2.12. The normalized spacial score (nSPS) is 11.8. The van der Waals surface area contributed by atoms with Crippen LogP contribution in [0.5, 0.6) is 5.75 Å². The molecule has 5 aromatic rings. The molecule has 0 aliphatic heterocycles. The van der Waals surface area contributed by atoms with Crippen LogP contribution in [-0.4, -0.2) is 6.10 Å². The smallest absolute Gasteiger partial charge is 0.119 e. The summed E-state index contributed by atoms with van der Waals surface area (Å²) in [4.78, 5) is 1.41. The maximum atomic E-state index is 6.14. The van der Waals surface area contributed by atoms with Gasteiger partial charge in [0.2, 0.25) is 0 Å². The zero-order chi connectivity index (χ0) is 23.2. The predicted molar refractivity (Wildman–Crippen MR) is 145 cm³/mol. The largest absolute Gasteiger partial charge is 0.490 e. The first-order chi connectivity index (χ1) is 16.7. The summed E-state index contributed by atoms with van der Waals surface area (Å²) in [6, 6.07) is 40.7. The van der Waals surface area contributed by atoms with Crippen LogP contribution in [0.15, 0.2) is 121 Å². The molecule has 0 amide bonds. The molecule has 0 spiro atoms. The van der Waals surface area contributed by atoms with E-state index in [0.29, 0.717) is 0 Å². The van der Waals surface area contributed by atoms with Crippen molar-refractivity contribution in [1.82, 2.24) is 0 Å². The standard InChI is InChI=1S/C32H28OS/c1-24(22-25-8-4-2-5-9-25)33-30-18-16-28(17-19-30)27-12-14-29(15-13-27)31-20-21-34-32(31)23-26-10-6-3-7-11-26/h2-21,24H,22-23H2,1H3/t24-/m1/s1. The highest BCUT2D eigenvalue weighted by Gasteiger charge is 2.09. The third-order valence-corrected chi connectivity index (χ3v) is 6.96. The molecule has 0 aliphatic rings. The van der Waals surface area contributed by atoms with Gasteiger partial charge in [-0.15, -0.1) is 11.3 Å². The van der Waals surface area contributed by atoms with Gasteiger partial charge in [-0.1, -0.05) is 97.1 Å². The molecule has 4 aromatic carbocycles. The van der Waals surface area contributed by atoms with Crippen molar-refractivity contribution in [2.24, 2.45) is 0 Å². The number of thiophene rings is 1. The molecule has 1 atom stereocenters. The summed E-state index contributed by atoms with van der Waals surface area (Å²) in [7, 11) is 0. The summed E-state index contributed by atoms with van der Waals surface area (Å²) < 4.78 is 6.14.